The summed E-state index contributed by atoms with van der Waals surface area (Å²) >= 11 is 0. The Morgan fingerprint density at radius 3 is 1.63 bits per heavy atom. The van der Waals surface area contributed by atoms with Crippen LogP contribution in [0.25, 0.3) is 5.57 Å². The first-order chi connectivity index (χ1) is 20.1. The average molecular weight is 541 g/mol. The molecule has 0 saturated carbocycles. The first-order valence-electron chi connectivity index (χ1n) is 13.6. The fraction of sp³-hybridized carbons (Fsp3) is 0.139. The Balaban J connectivity index is 1.42. The summed E-state index contributed by atoms with van der Waals surface area (Å²) in [6, 6.07) is 37.5. The standard InChI is InChI=1S/C36H28O5/c37-33-31(27-17-9-3-10-18-27)29-21-36(34(38)40-23-25-13-5-1-6-14-25,35(39)41-24-26-15-7-2-8-16-26)22-30(29)32(33)28-19-11-4-12-20-28/h1-21,31H,22-24H2. The minimum Gasteiger partial charge on any atom is -0.460 e. The lowest BCUT2D eigenvalue weighted by Gasteiger charge is -2.24. The molecule has 4 aromatic rings. The minimum absolute atomic E-state index is 0.0110. The molecule has 0 spiro atoms. The van der Waals surface area contributed by atoms with Gasteiger partial charge in [-0.15, -0.1) is 0 Å². The maximum absolute atomic E-state index is 14.0. The molecule has 0 amide bonds. The SMILES string of the molecule is O=C1C(c2ccccc2)=C2CC(C(=O)OCc3ccccc3)(C(=O)OCc3ccccc3)C=C2C1c1ccccc1. The molecule has 0 N–H and O–H groups in total. The van der Waals surface area contributed by atoms with Gasteiger partial charge in [0.1, 0.15) is 13.2 Å². The summed E-state index contributed by atoms with van der Waals surface area (Å²) in [5.74, 6) is -2.07. The number of benzene rings is 4. The molecule has 202 valence electrons. The molecule has 0 heterocycles. The van der Waals surface area contributed by atoms with Crippen molar-refractivity contribution >= 4 is 23.3 Å². The van der Waals surface area contributed by atoms with E-state index in [1.54, 1.807) is 6.08 Å². The second-order valence-electron chi connectivity index (χ2n) is 10.3. The van der Waals surface area contributed by atoms with Crippen molar-refractivity contribution in [1.82, 2.24) is 0 Å². The van der Waals surface area contributed by atoms with Crippen molar-refractivity contribution in [3.8, 4) is 0 Å². The zero-order valence-electron chi connectivity index (χ0n) is 22.4. The Morgan fingerprint density at radius 2 is 1.12 bits per heavy atom. The van der Waals surface area contributed by atoms with Crippen LogP contribution in [0.5, 0.6) is 0 Å². The van der Waals surface area contributed by atoms with E-state index in [9.17, 15) is 14.4 Å². The van der Waals surface area contributed by atoms with E-state index < -0.39 is 23.3 Å². The number of hydrogen-bond donors (Lipinski definition) is 0. The summed E-state index contributed by atoms with van der Waals surface area (Å²) in [5.41, 5.74) is 3.32. The lowest BCUT2D eigenvalue weighted by Crippen LogP contribution is -2.39. The zero-order chi connectivity index (χ0) is 28.2. The summed E-state index contributed by atoms with van der Waals surface area (Å²) in [6.07, 6.45) is 1.62. The van der Waals surface area contributed by atoms with Crippen LogP contribution in [-0.4, -0.2) is 17.7 Å². The summed E-state index contributed by atoms with van der Waals surface area (Å²) in [4.78, 5) is 41.8. The van der Waals surface area contributed by atoms with Crippen molar-refractivity contribution in [2.75, 3.05) is 0 Å². The van der Waals surface area contributed by atoms with Gasteiger partial charge in [-0.1, -0.05) is 127 Å². The average Bonchev–Trinajstić information content (AvgIpc) is 3.53. The molecular formula is C36H28O5. The summed E-state index contributed by atoms with van der Waals surface area (Å²) in [6.45, 7) is 0.0321. The number of Topliss-reactive ketones (excluding diaryl/α,β-unsaturated/α-hetero) is 1. The van der Waals surface area contributed by atoms with Crippen molar-refractivity contribution in [2.45, 2.75) is 25.6 Å². The largest absolute Gasteiger partial charge is 0.460 e. The molecule has 41 heavy (non-hydrogen) atoms. The molecule has 0 fully saturated rings. The molecule has 4 aromatic carbocycles. The number of carbonyl (C=O) groups excluding carboxylic acids is 3. The maximum atomic E-state index is 14.0. The molecule has 2 aliphatic carbocycles. The monoisotopic (exact) mass is 540 g/mol. The summed E-state index contributed by atoms with van der Waals surface area (Å²) in [7, 11) is 0. The number of hydrogen-bond acceptors (Lipinski definition) is 5. The van der Waals surface area contributed by atoms with Crippen LogP contribution < -0.4 is 0 Å². The second-order valence-corrected chi connectivity index (χ2v) is 10.3. The van der Waals surface area contributed by atoms with Crippen LogP contribution in [0.2, 0.25) is 0 Å². The Hall–Kier alpha value is -5.03. The highest BCUT2D eigenvalue weighted by Crippen LogP contribution is 2.55. The minimum atomic E-state index is -1.72. The van der Waals surface area contributed by atoms with Crippen LogP contribution in [0.1, 0.15) is 34.6 Å². The van der Waals surface area contributed by atoms with E-state index in [0.29, 0.717) is 16.7 Å². The Kier molecular flexibility index (Phi) is 7.17. The van der Waals surface area contributed by atoms with Gasteiger partial charge in [0.2, 0.25) is 0 Å². The smallest absolute Gasteiger partial charge is 0.328 e. The van der Waals surface area contributed by atoms with Gasteiger partial charge in [0, 0.05) is 12.0 Å². The molecule has 0 radical (unpaired) electrons. The van der Waals surface area contributed by atoms with Crippen LogP contribution in [0.4, 0.5) is 0 Å². The molecule has 0 aromatic heterocycles. The number of esters is 2. The Bertz CT molecular complexity index is 1580. The fourth-order valence-corrected chi connectivity index (χ4v) is 5.66. The Morgan fingerprint density at radius 1 is 0.659 bits per heavy atom. The first kappa shape index (κ1) is 26.2. The van der Waals surface area contributed by atoms with Crippen molar-refractivity contribution in [1.29, 1.82) is 0 Å². The van der Waals surface area contributed by atoms with Gasteiger partial charge in [0.05, 0.1) is 5.92 Å². The lowest BCUT2D eigenvalue weighted by atomic mass is 9.83. The third kappa shape index (κ3) is 5.03. The third-order valence-electron chi connectivity index (χ3n) is 7.68. The summed E-state index contributed by atoms with van der Waals surface area (Å²) < 4.78 is 11.5. The normalized spacial score (nSPS) is 17.1. The van der Waals surface area contributed by atoms with E-state index >= 15 is 0 Å². The highest BCUT2D eigenvalue weighted by molar-refractivity contribution is 6.30. The predicted molar refractivity (Wildman–Crippen MR) is 155 cm³/mol. The van der Waals surface area contributed by atoms with Crippen LogP contribution in [0, 0.1) is 5.41 Å². The highest BCUT2D eigenvalue weighted by Gasteiger charge is 2.56. The third-order valence-corrected chi connectivity index (χ3v) is 7.68. The fourth-order valence-electron chi connectivity index (χ4n) is 5.66. The van der Waals surface area contributed by atoms with Crippen LogP contribution in [0.3, 0.4) is 0 Å². The van der Waals surface area contributed by atoms with E-state index in [1.807, 2.05) is 121 Å². The number of ether oxygens (including phenoxy) is 2. The molecule has 0 bridgehead atoms. The zero-order valence-corrected chi connectivity index (χ0v) is 22.4. The van der Waals surface area contributed by atoms with E-state index in [0.717, 1.165) is 22.3 Å². The van der Waals surface area contributed by atoms with Crippen molar-refractivity contribution in [3.63, 3.8) is 0 Å². The van der Waals surface area contributed by atoms with E-state index in [-0.39, 0.29) is 25.4 Å². The number of rotatable bonds is 8. The molecule has 0 aliphatic heterocycles. The van der Waals surface area contributed by atoms with Crippen molar-refractivity contribution in [3.05, 3.63) is 161 Å². The topological polar surface area (TPSA) is 69.7 Å². The predicted octanol–water partition coefficient (Wildman–Crippen LogP) is 6.61. The lowest BCUT2D eigenvalue weighted by molar-refractivity contribution is -0.169. The number of allylic oxidation sites excluding steroid dienone is 3. The molecule has 0 saturated heterocycles. The maximum Gasteiger partial charge on any atom is 0.328 e. The van der Waals surface area contributed by atoms with E-state index in [2.05, 4.69) is 0 Å². The number of fused-ring (bicyclic) bond motifs is 1. The second kappa shape index (κ2) is 11.2. The van der Waals surface area contributed by atoms with E-state index in [4.69, 9.17) is 9.47 Å². The van der Waals surface area contributed by atoms with Gasteiger partial charge < -0.3 is 9.47 Å². The quantitative estimate of drug-likeness (QED) is 0.186. The van der Waals surface area contributed by atoms with Crippen LogP contribution in [0.15, 0.2) is 139 Å². The molecule has 6 rings (SSSR count). The van der Waals surface area contributed by atoms with Gasteiger partial charge in [-0.3, -0.25) is 14.4 Å². The highest BCUT2D eigenvalue weighted by atomic mass is 16.6. The molecule has 5 heteroatoms. The van der Waals surface area contributed by atoms with Gasteiger partial charge in [-0.05, 0) is 33.4 Å². The van der Waals surface area contributed by atoms with Gasteiger partial charge in [0.25, 0.3) is 0 Å². The molecule has 5 nitrogen and oxygen atoms in total. The van der Waals surface area contributed by atoms with Crippen LogP contribution in [-0.2, 0) is 37.1 Å². The molecular weight excluding hydrogens is 512 g/mol. The number of ketones is 1. The first-order valence-corrected chi connectivity index (χ1v) is 13.6. The van der Waals surface area contributed by atoms with Gasteiger partial charge in [-0.2, -0.15) is 0 Å². The van der Waals surface area contributed by atoms with E-state index in [1.165, 1.54) is 0 Å². The molecule has 1 unspecified atom stereocenters. The number of carbonyl (C=O) groups is 3. The van der Waals surface area contributed by atoms with Gasteiger partial charge >= 0.3 is 11.9 Å². The van der Waals surface area contributed by atoms with Gasteiger partial charge in [-0.25, -0.2) is 0 Å². The van der Waals surface area contributed by atoms with Crippen LogP contribution >= 0.6 is 0 Å². The summed E-state index contributed by atoms with van der Waals surface area (Å²) in [5, 5.41) is 0. The molecule has 2 aliphatic rings. The van der Waals surface area contributed by atoms with Crippen molar-refractivity contribution in [2.24, 2.45) is 5.41 Å². The van der Waals surface area contributed by atoms with Gasteiger partial charge in [0.15, 0.2) is 11.2 Å². The molecule has 1 atom stereocenters. The Labute approximate surface area is 238 Å². The van der Waals surface area contributed by atoms with Crippen molar-refractivity contribution < 1.29 is 23.9 Å².